The average molecular weight is 173 g/mol. The Morgan fingerprint density at radius 2 is 2.00 bits per heavy atom. The highest BCUT2D eigenvalue weighted by Gasteiger charge is 2.24. The van der Waals surface area contributed by atoms with Crippen molar-refractivity contribution >= 4 is 11.9 Å². The van der Waals surface area contributed by atoms with E-state index in [1.165, 1.54) is 0 Å². The van der Waals surface area contributed by atoms with Crippen molar-refractivity contribution in [1.29, 1.82) is 0 Å². The minimum Gasteiger partial charge on any atom is -0.369 e. The number of nitrogens with one attached hydrogen (secondary N) is 1. The van der Waals surface area contributed by atoms with Gasteiger partial charge >= 0.3 is 0 Å². The molecule has 0 aliphatic carbocycles. The number of carbonyl (C=O) groups excluding carboxylic acids is 1. The van der Waals surface area contributed by atoms with E-state index < -0.39 is 11.3 Å². The number of hydrazine groups is 1. The van der Waals surface area contributed by atoms with E-state index in [4.69, 9.17) is 17.3 Å². The molecule has 0 unspecified atom stereocenters. The molecule has 0 aliphatic heterocycles. The van der Waals surface area contributed by atoms with Crippen LogP contribution in [0.3, 0.4) is 0 Å². The van der Waals surface area contributed by atoms with E-state index in [2.05, 4.69) is 10.4 Å². The molecule has 0 saturated carbocycles. The first-order valence-corrected chi connectivity index (χ1v) is 3.46. The minimum absolute atomic E-state index is 0.0873. The molecule has 1 amide bonds. The zero-order valence-electron chi connectivity index (χ0n) is 7.29. The molecule has 0 fully saturated rings. The van der Waals surface area contributed by atoms with E-state index in [0.29, 0.717) is 0 Å². The Morgan fingerprint density at radius 3 is 2.33 bits per heavy atom. The van der Waals surface area contributed by atoms with Crippen LogP contribution in [0.5, 0.6) is 0 Å². The second-order valence-electron chi connectivity index (χ2n) is 3.09. The van der Waals surface area contributed by atoms with Crippen molar-refractivity contribution in [3.8, 4) is 0 Å². The van der Waals surface area contributed by atoms with Crippen LogP contribution in [0.2, 0.25) is 0 Å². The van der Waals surface area contributed by atoms with E-state index >= 15 is 0 Å². The van der Waals surface area contributed by atoms with Crippen LogP contribution in [0.25, 0.3) is 0 Å². The lowest BCUT2D eigenvalue weighted by Crippen LogP contribution is -2.40. The van der Waals surface area contributed by atoms with Gasteiger partial charge in [-0.05, 0) is 13.8 Å². The number of hydrogen-bond acceptors (Lipinski definition) is 3. The predicted octanol–water partition coefficient (Wildman–Crippen LogP) is -1.72. The first kappa shape index (κ1) is 10.7. The Labute approximate surface area is 71.2 Å². The molecule has 7 N–H and O–H groups in total. The fourth-order valence-electron chi connectivity index (χ4n) is 0.406. The molecule has 0 rings (SSSR count). The van der Waals surface area contributed by atoms with Crippen LogP contribution in [-0.2, 0) is 4.79 Å². The number of carbonyl (C=O) groups is 1. The van der Waals surface area contributed by atoms with Gasteiger partial charge in [-0.25, -0.2) is 5.84 Å². The van der Waals surface area contributed by atoms with Crippen LogP contribution in [0.4, 0.5) is 0 Å². The number of guanidine groups is 1. The number of primary amides is 1. The zero-order chi connectivity index (χ0) is 9.78. The van der Waals surface area contributed by atoms with Crippen molar-refractivity contribution in [3.63, 3.8) is 0 Å². The molecule has 6 heteroatoms. The molecule has 0 bridgehead atoms. The maximum absolute atomic E-state index is 10.8. The third-order valence-electron chi connectivity index (χ3n) is 1.46. The first-order valence-electron chi connectivity index (χ1n) is 3.46. The van der Waals surface area contributed by atoms with Crippen molar-refractivity contribution < 1.29 is 4.79 Å². The number of aliphatic imine (C=N–C) groups is 1. The van der Waals surface area contributed by atoms with E-state index in [0.717, 1.165) is 0 Å². The molecule has 6 nitrogen and oxygen atoms in total. The standard InChI is InChI=1S/C6H15N5O/c1-6(2,4(7)12)3-10-5(8)11-9/h3,9H2,1-2H3,(H2,7,12)(H3,8,10,11). The van der Waals surface area contributed by atoms with Gasteiger partial charge in [-0.15, -0.1) is 0 Å². The third kappa shape index (κ3) is 3.20. The number of nitrogens with zero attached hydrogens (tertiary/aromatic N) is 1. The van der Waals surface area contributed by atoms with Crippen LogP contribution >= 0.6 is 0 Å². The van der Waals surface area contributed by atoms with Crippen molar-refractivity contribution in [2.75, 3.05) is 6.54 Å². The van der Waals surface area contributed by atoms with Gasteiger partial charge in [-0.2, -0.15) is 0 Å². The summed E-state index contributed by atoms with van der Waals surface area (Å²) in [6.45, 7) is 3.59. The Morgan fingerprint density at radius 1 is 1.50 bits per heavy atom. The molecule has 0 radical (unpaired) electrons. The average Bonchev–Trinajstić information content (AvgIpc) is 2.00. The summed E-state index contributed by atoms with van der Waals surface area (Å²) in [5.41, 5.74) is 11.8. The molecule has 70 valence electrons. The molecule has 12 heavy (non-hydrogen) atoms. The summed E-state index contributed by atoms with van der Waals surface area (Å²) in [7, 11) is 0. The summed E-state index contributed by atoms with van der Waals surface area (Å²) >= 11 is 0. The van der Waals surface area contributed by atoms with Crippen LogP contribution < -0.4 is 22.7 Å². The largest absolute Gasteiger partial charge is 0.369 e. The molecule has 0 aromatic rings. The molecule has 0 aliphatic rings. The lowest BCUT2D eigenvalue weighted by atomic mass is 9.93. The molecular formula is C6H15N5O. The highest BCUT2D eigenvalue weighted by molar-refractivity contribution is 5.81. The van der Waals surface area contributed by atoms with Gasteiger partial charge in [0.05, 0.1) is 12.0 Å². The number of amides is 1. The van der Waals surface area contributed by atoms with Gasteiger partial charge in [0.25, 0.3) is 0 Å². The second kappa shape index (κ2) is 3.91. The highest BCUT2D eigenvalue weighted by atomic mass is 16.1. The summed E-state index contributed by atoms with van der Waals surface area (Å²) in [6, 6.07) is 0. The second-order valence-corrected chi connectivity index (χ2v) is 3.09. The molecular weight excluding hydrogens is 158 g/mol. The SMILES string of the molecule is CC(C)(CN=C(N)NN)C(N)=O. The quantitative estimate of drug-likeness (QED) is 0.175. The normalized spacial score (nSPS) is 12.8. The molecule has 0 aromatic carbocycles. The van der Waals surface area contributed by atoms with Crippen LogP contribution in [-0.4, -0.2) is 18.4 Å². The summed E-state index contributed by atoms with van der Waals surface area (Å²) < 4.78 is 0. The fraction of sp³-hybridized carbons (Fsp3) is 0.667. The highest BCUT2D eigenvalue weighted by Crippen LogP contribution is 2.13. The van der Waals surface area contributed by atoms with Gasteiger partial charge in [-0.3, -0.25) is 15.2 Å². The first-order chi connectivity index (χ1) is 5.40. The molecule has 0 spiro atoms. The van der Waals surface area contributed by atoms with Gasteiger partial charge in [0.15, 0.2) is 0 Å². The van der Waals surface area contributed by atoms with Gasteiger partial charge in [-0.1, -0.05) is 0 Å². The van der Waals surface area contributed by atoms with Gasteiger partial charge in [0.2, 0.25) is 11.9 Å². The molecule has 0 saturated heterocycles. The maximum Gasteiger partial charge on any atom is 0.224 e. The number of nitrogens with two attached hydrogens (primary N) is 3. The fourth-order valence-corrected chi connectivity index (χ4v) is 0.406. The smallest absolute Gasteiger partial charge is 0.224 e. The van der Waals surface area contributed by atoms with Gasteiger partial charge < -0.3 is 11.5 Å². The summed E-state index contributed by atoms with van der Waals surface area (Å²) in [5.74, 6) is 4.62. The van der Waals surface area contributed by atoms with E-state index in [-0.39, 0.29) is 12.5 Å². The van der Waals surface area contributed by atoms with E-state index in [1.54, 1.807) is 13.8 Å². The summed E-state index contributed by atoms with van der Waals surface area (Å²) in [5, 5.41) is 0. The Bertz CT molecular complexity index is 198. The van der Waals surface area contributed by atoms with Crippen molar-refractivity contribution in [2.24, 2.45) is 27.7 Å². The van der Waals surface area contributed by atoms with Crippen molar-refractivity contribution in [2.45, 2.75) is 13.8 Å². The lowest BCUT2D eigenvalue weighted by molar-refractivity contribution is -0.125. The van der Waals surface area contributed by atoms with Crippen LogP contribution in [0, 0.1) is 5.41 Å². The van der Waals surface area contributed by atoms with Crippen LogP contribution in [0.15, 0.2) is 4.99 Å². The number of hydrogen-bond donors (Lipinski definition) is 4. The Hall–Kier alpha value is -1.30. The third-order valence-corrected chi connectivity index (χ3v) is 1.46. The van der Waals surface area contributed by atoms with Crippen LogP contribution in [0.1, 0.15) is 13.8 Å². The maximum atomic E-state index is 10.8. The van der Waals surface area contributed by atoms with Crippen molar-refractivity contribution in [1.82, 2.24) is 5.43 Å². The predicted molar refractivity (Wildman–Crippen MR) is 46.8 cm³/mol. The summed E-state index contributed by atoms with van der Waals surface area (Å²) in [4.78, 5) is 14.6. The topological polar surface area (TPSA) is 120 Å². The zero-order valence-corrected chi connectivity index (χ0v) is 7.29. The summed E-state index contributed by atoms with van der Waals surface area (Å²) in [6.07, 6.45) is 0. The molecule has 0 aromatic heterocycles. The van der Waals surface area contributed by atoms with Crippen molar-refractivity contribution in [3.05, 3.63) is 0 Å². The molecule has 0 atom stereocenters. The van der Waals surface area contributed by atoms with Gasteiger partial charge in [0, 0.05) is 0 Å². The minimum atomic E-state index is -0.693. The lowest BCUT2D eigenvalue weighted by Gasteiger charge is -2.17. The Kier molecular flexibility index (Phi) is 3.49. The Balaban J connectivity index is 4.17. The van der Waals surface area contributed by atoms with E-state index in [9.17, 15) is 4.79 Å². The van der Waals surface area contributed by atoms with Gasteiger partial charge in [0.1, 0.15) is 0 Å². The molecule has 0 heterocycles. The van der Waals surface area contributed by atoms with E-state index in [1.807, 2.05) is 0 Å². The number of rotatable bonds is 3. The monoisotopic (exact) mass is 173 g/mol.